The average molecular weight is 311 g/mol. The van der Waals surface area contributed by atoms with Gasteiger partial charge in [-0.25, -0.2) is 0 Å². The number of hydrogen-bond donors (Lipinski definition) is 1. The van der Waals surface area contributed by atoms with Gasteiger partial charge in [0.25, 0.3) is 0 Å². The number of hydrogen-bond acceptors (Lipinski definition) is 3. The Labute approximate surface area is 138 Å². The lowest BCUT2D eigenvalue weighted by atomic mass is 10.1. The maximum Gasteiger partial charge on any atom is 0.163 e. The topological polar surface area (TPSA) is 30.5 Å². The SMILES string of the molecule is COc1ccc(Nc2ccc(C)c(C)c2)cc1OC1CCCC1. The third-order valence-corrected chi connectivity index (χ3v) is 4.56. The lowest BCUT2D eigenvalue weighted by Gasteiger charge is -2.17. The molecule has 3 rings (SSSR count). The van der Waals surface area contributed by atoms with Crippen LogP contribution >= 0.6 is 0 Å². The van der Waals surface area contributed by atoms with Crippen LogP contribution in [0.4, 0.5) is 11.4 Å². The van der Waals surface area contributed by atoms with E-state index in [0.717, 1.165) is 35.7 Å². The van der Waals surface area contributed by atoms with Gasteiger partial charge in [-0.2, -0.15) is 0 Å². The van der Waals surface area contributed by atoms with Crippen LogP contribution in [0, 0.1) is 13.8 Å². The lowest BCUT2D eigenvalue weighted by Crippen LogP contribution is -2.11. The molecular formula is C20H25NO2. The van der Waals surface area contributed by atoms with Gasteiger partial charge in [0.1, 0.15) is 0 Å². The molecule has 1 aliphatic rings. The minimum Gasteiger partial charge on any atom is -0.493 e. The molecule has 0 saturated heterocycles. The van der Waals surface area contributed by atoms with Crippen molar-refractivity contribution < 1.29 is 9.47 Å². The summed E-state index contributed by atoms with van der Waals surface area (Å²) in [6, 6.07) is 12.4. The van der Waals surface area contributed by atoms with Crippen LogP contribution in [-0.2, 0) is 0 Å². The molecule has 0 aliphatic heterocycles. The summed E-state index contributed by atoms with van der Waals surface area (Å²) in [6.45, 7) is 4.25. The molecule has 2 aromatic rings. The van der Waals surface area contributed by atoms with Gasteiger partial charge in [0.15, 0.2) is 11.5 Å². The molecule has 23 heavy (non-hydrogen) atoms. The van der Waals surface area contributed by atoms with Crippen molar-refractivity contribution in [2.75, 3.05) is 12.4 Å². The molecule has 0 amide bonds. The normalized spacial score (nSPS) is 14.7. The van der Waals surface area contributed by atoms with E-state index >= 15 is 0 Å². The van der Waals surface area contributed by atoms with Crippen LogP contribution in [0.5, 0.6) is 11.5 Å². The first-order valence-corrected chi connectivity index (χ1v) is 8.34. The average Bonchev–Trinajstić information content (AvgIpc) is 3.04. The highest BCUT2D eigenvalue weighted by molar-refractivity contribution is 5.64. The summed E-state index contributed by atoms with van der Waals surface area (Å²) < 4.78 is 11.6. The zero-order valence-corrected chi connectivity index (χ0v) is 14.2. The molecule has 0 radical (unpaired) electrons. The van der Waals surface area contributed by atoms with E-state index in [0.29, 0.717) is 6.10 Å². The Bertz CT molecular complexity index is 675. The number of anilines is 2. The lowest BCUT2D eigenvalue weighted by molar-refractivity contribution is 0.201. The van der Waals surface area contributed by atoms with Gasteiger partial charge < -0.3 is 14.8 Å². The Morgan fingerprint density at radius 1 is 0.870 bits per heavy atom. The van der Waals surface area contributed by atoms with E-state index in [9.17, 15) is 0 Å². The zero-order valence-electron chi connectivity index (χ0n) is 14.2. The first-order chi connectivity index (χ1) is 11.2. The third kappa shape index (κ3) is 3.79. The number of benzene rings is 2. The second kappa shape index (κ2) is 6.95. The number of aryl methyl sites for hydroxylation is 2. The first kappa shape index (κ1) is 15.7. The Morgan fingerprint density at radius 3 is 2.26 bits per heavy atom. The summed E-state index contributed by atoms with van der Waals surface area (Å²) in [5.41, 5.74) is 4.69. The summed E-state index contributed by atoms with van der Waals surface area (Å²) in [6.07, 6.45) is 5.11. The fourth-order valence-electron chi connectivity index (χ4n) is 3.02. The number of rotatable bonds is 5. The Hall–Kier alpha value is -2.16. The molecule has 0 spiro atoms. The maximum absolute atomic E-state index is 6.15. The Kier molecular flexibility index (Phi) is 4.75. The fraction of sp³-hybridized carbons (Fsp3) is 0.400. The van der Waals surface area contributed by atoms with E-state index < -0.39 is 0 Å². The molecule has 0 bridgehead atoms. The first-order valence-electron chi connectivity index (χ1n) is 8.34. The standard InChI is InChI=1S/C20H25NO2/c1-14-8-9-16(12-15(14)2)21-17-10-11-19(22-3)20(13-17)23-18-6-4-5-7-18/h8-13,18,21H,4-7H2,1-3H3. The predicted molar refractivity (Wildman–Crippen MR) is 95.1 cm³/mol. The molecule has 0 aromatic heterocycles. The van der Waals surface area contributed by atoms with Gasteiger partial charge in [0.05, 0.1) is 13.2 Å². The monoisotopic (exact) mass is 311 g/mol. The number of nitrogens with one attached hydrogen (secondary N) is 1. The highest BCUT2D eigenvalue weighted by atomic mass is 16.5. The number of ether oxygens (including phenoxy) is 2. The third-order valence-electron chi connectivity index (χ3n) is 4.56. The molecule has 1 saturated carbocycles. The molecular weight excluding hydrogens is 286 g/mol. The largest absolute Gasteiger partial charge is 0.493 e. The van der Waals surface area contributed by atoms with E-state index in [1.54, 1.807) is 7.11 Å². The summed E-state index contributed by atoms with van der Waals surface area (Å²) in [4.78, 5) is 0. The molecule has 0 heterocycles. The number of methoxy groups -OCH3 is 1. The Balaban J connectivity index is 1.80. The highest BCUT2D eigenvalue weighted by Crippen LogP contribution is 2.34. The summed E-state index contributed by atoms with van der Waals surface area (Å²) >= 11 is 0. The van der Waals surface area contributed by atoms with Crippen LogP contribution in [0.1, 0.15) is 36.8 Å². The Morgan fingerprint density at radius 2 is 1.57 bits per heavy atom. The molecule has 3 heteroatoms. The van der Waals surface area contributed by atoms with Crippen LogP contribution in [0.3, 0.4) is 0 Å². The van der Waals surface area contributed by atoms with Crippen molar-refractivity contribution in [1.29, 1.82) is 0 Å². The second-order valence-electron chi connectivity index (χ2n) is 6.31. The minimum atomic E-state index is 0.320. The summed E-state index contributed by atoms with van der Waals surface area (Å²) in [5, 5.41) is 3.45. The fourth-order valence-corrected chi connectivity index (χ4v) is 3.02. The quantitative estimate of drug-likeness (QED) is 0.804. The van der Waals surface area contributed by atoms with Crippen LogP contribution in [0.2, 0.25) is 0 Å². The molecule has 1 N–H and O–H groups in total. The molecule has 1 fully saturated rings. The molecule has 3 nitrogen and oxygen atoms in total. The predicted octanol–water partition coefficient (Wildman–Crippen LogP) is 5.38. The van der Waals surface area contributed by atoms with Gasteiger partial charge in [-0.15, -0.1) is 0 Å². The highest BCUT2D eigenvalue weighted by Gasteiger charge is 2.18. The second-order valence-corrected chi connectivity index (χ2v) is 6.31. The molecule has 122 valence electrons. The summed E-state index contributed by atoms with van der Waals surface area (Å²) in [5.74, 6) is 1.62. The van der Waals surface area contributed by atoms with Crippen molar-refractivity contribution in [3.8, 4) is 11.5 Å². The van der Waals surface area contributed by atoms with Crippen LogP contribution in [-0.4, -0.2) is 13.2 Å². The van der Waals surface area contributed by atoms with Crippen molar-refractivity contribution in [1.82, 2.24) is 0 Å². The summed E-state index contributed by atoms with van der Waals surface area (Å²) in [7, 11) is 1.69. The zero-order chi connectivity index (χ0) is 16.2. The van der Waals surface area contributed by atoms with Gasteiger partial charge in [-0.1, -0.05) is 6.07 Å². The van der Waals surface area contributed by atoms with E-state index in [1.807, 2.05) is 18.2 Å². The molecule has 2 aromatic carbocycles. The smallest absolute Gasteiger partial charge is 0.163 e. The van der Waals surface area contributed by atoms with E-state index in [-0.39, 0.29) is 0 Å². The minimum absolute atomic E-state index is 0.320. The van der Waals surface area contributed by atoms with Crippen molar-refractivity contribution in [3.05, 3.63) is 47.5 Å². The van der Waals surface area contributed by atoms with Gasteiger partial charge in [0, 0.05) is 17.4 Å². The van der Waals surface area contributed by atoms with Crippen LogP contribution in [0.15, 0.2) is 36.4 Å². The van der Waals surface area contributed by atoms with E-state index in [2.05, 4.69) is 37.4 Å². The maximum atomic E-state index is 6.15. The van der Waals surface area contributed by atoms with Gasteiger partial charge in [-0.05, 0) is 74.9 Å². The van der Waals surface area contributed by atoms with Crippen molar-refractivity contribution >= 4 is 11.4 Å². The van der Waals surface area contributed by atoms with E-state index in [4.69, 9.17) is 9.47 Å². The van der Waals surface area contributed by atoms with Crippen molar-refractivity contribution in [3.63, 3.8) is 0 Å². The van der Waals surface area contributed by atoms with Crippen LogP contribution in [0.25, 0.3) is 0 Å². The van der Waals surface area contributed by atoms with Gasteiger partial charge >= 0.3 is 0 Å². The van der Waals surface area contributed by atoms with Crippen LogP contribution < -0.4 is 14.8 Å². The van der Waals surface area contributed by atoms with E-state index in [1.165, 1.54) is 24.0 Å². The van der Waals surface area contributed by atoms with Crippen molar-refractivity contribution in [2.45, 2.75) is 45.6 Å². The molecule has 0 unspecified atom stereocenters. The molecule has 1 aliphatic carbocycles. The molecule has 0 atom stereocenters. The van der Waals surface area contributed by atoms with Gasteiger partial charge in [0.2, 0.25) is 0 Å². The van der Waals surface area contributed by atoms with Crippen molar-refractivity contribution in [2.24, 2.45) is 0 Å². The van der Waals surface area contributed by atoms with Gasteiger partial charge in [-0.3, -0.25) is 0 Å².